The molecule has 1 atom stereocenters. The van der Waals surface area contributed by atoms with E-state index in [1.165, 1.54) is 6.07 Å². The molecule has 2 aromatic carbocycles. The van der Waals surface area contributed by atoms with Crippen LogP contribution in [-0.4, -0.2) is 12.7 Å². The predicted molar refractivity (Wildman–Crippen MR) is 98.5 cm³/mol. The molecule has 0 unspecified atom stereocenters. The van der Waals surface area contributed by atoms with Crippen molar-refractivity contribution in [1.82, 2.24) is 0 Å². The van der Waals surface area contributed by atoms with Crippen molar-refractivity contribution < 1.29 is 18.7 Å². The van der Waals surface area contributed by atoms with Crippen molar-refractivity contribution in [3.63, 3.8) is 0 Å². The fourth-order valence-electron chi connectivity index (χ4n) is 3.55. The number of fused-ring (bicyclic) bond motifs is 1. The van der Waals surface area contributed by atoms with Gasteiger partial charge in [-0.05, 0) is 47.2 Å². The summed E-state index contributed by atoms with van der Waals surface area (Å²) < 4.78 is 25.0. The summed E-state index contributed by atoms with van der Waals surface area (Å²) in [6, 6.07) is 10.9. The van der Waals surface area contributed by atoms with Gasteiger partial charge in [-0.25, -0.2) is 9.18 Å². The number of ether oxygens (including phenoxy) is 2. The first kappa shape index (κ1) is 18.2. The molecule has 1 aliphatic rings. The number of nitrogens with two attached hydrogens (primary N) is 1. The zero-order chi connectivity index (χ0) is 18.9. The van der Waals surface area contributed by atoms with Gasteiger partial charge in [0, 0.05) is 5.41 Å². The normalized spacial score (nSPS) is 17.6. The van der Waals surface area contributed by atoms with Gasteiger partial charge in [0.25, 0.3) is 0 Å². The number of amides is 1. The summed E-state index contributed by atoms with van der Waals surface area (Å²) in [4.78, 5) is 11.2. The zero-order valence-corrected chi connectivity index (χ0v) is 15.3. The molecule has 0 bridgehead atoms. The van der Waals surface area contributed by atoms with E-state index in [0.717, 1.165) is 35.1 Å². The van der Waals surface area contributed by atoms with Crippen LogP contribution in [0, 0.1) is 11.2 Å². The summed E-state index contributed by atoms with van der Waals surface area (Å²) in [6.07, 6.45) is 0.445. The lowest BCUT2D eigenvalue weighted by atomic mass is 9.87. The van der Waals surface area contributed by atoms with E-state index < -0.39 is 6.09 Å². The van der Waals surface area contributed by atoms with Crippen LogP contribution in [0.25, 0.3) is 11.1 Å². The molecule has 0 aromatic heterocycles. The minimum absolute atomic E-state index is 0.237. The lowest BCUT2D eigenvalue weighted by Crippen LogP contribution is -2.25. The van der Waals surface area contributed by atoms with Crippen LogP contribution >= 0.6 is 0 Å². The van der Waals surface area contributed by atoms with Gasteiger partial charge < -0.3 is 15.2 Å². The van der Waals surface area contributed by atoms with Crippen molar-refractivity contribution in [1.29, 1.82) is 0 Å². The van der Waals surface area contributed by atoms with Gasteiger partial charge in [-0.1, -0.05) is 45.0 Å². The van der Waals surface area contributed by atoms with Crippen molar-refractivity contribution in [2.75, 3.05) is 6.61 Å². The molecule has 0 aliphatic heterocycles. The highest BCUT2D eigenvalue weighted by Gasteiger charge is 2.41. The molecule has 138 valence electrons. The monoisotopic (exact) mass is 357 g/mol. The molecule has 2 N–H and O–H groups in total. The lowest BCUT2D eigenvalue weighted by Gasteiger charge is -2.26. The predicted octanol–water partition coefficient (Wildman–Crippen LogP) is 5.00. The number of hydrogen-bond acceptors (Lipinski definition) is 3. The molecule has 26 heavy (non-hydrogen) atoms. The zero-order valence-electron chi connectivity index (χ0n) is 15.3. The first-order valence-corrected chi connectivity index (χ1v) is 8.83. The molecule has 0 saturated carbocycles. The van der Waals surface area contributed by atoms with E-state index in [2.05, 4.69) is 0 Å². The second-order valence-corrected chi connectivity index (χ2v) is 7.39. The highest BCUT2D eigenvalue weighted by molar-refractivity contribution is 5.68. The maximum Gasteiger partial charge on any atom is 0.405 e. The standard InChI is InChI=1S/C21H24FNO3/c1-4-9-25-18-8-6-14(11-17(18)22)13-5-7-16-15(10-13)12-21(2,3)19(16)26-20(23)24/h5-8,10-11,19H,4,9,12H2,1-3H3,(H2,23,24)/t19-/m0/s1. The molecule has 1 aliphatic carbocycles. The summed E-state index contributed by atoms with van der Waals surface area (Å²) in [5.74, 6) is -0.0977. The molecule has 0 fully saturated rings. The summed E-state index contributed by atoms with van der Waals surface area (Å²) in [5, 5.41) is 0. The Hall–Kier alpha value is -2.56. The molecule has 0 saturated heterocycles. The fourth-order valence-corrected chi connectivity index (χ4v) is 3.55. The van der Waals surface area contributed by atoms with Crippen molar-refractivity contribution in [3.8, 4) is 16.9 Å². The van der Waals surface area contributed by atoms with Gasteiger partial charge in [0.1, 0.15) is 6.10 Å². The average Bonchev–Trinajstić information content (AvgIpc) is 2.82. The van der Waals surface area contributed by atoms with E-state index in [9.17, 15) is 9.18 Å². The van der Waals surface area contributed by atoms with Crippen molar-refractivity contribution in [2.45, 2.75) is 39.7 Å². The smallest absolute Gasteiger partial charge is 0.405 e. The van der Waals surface area contributed by atoms with Crippen LogP contribution in [0.15, 0.2) is 36.4 Å². The largest absolute Gasteiger partial charge is 0.491 e. The van der Waals surface area contributed by atoms with Gasteiger partial charge in [-0.15, -0.1) is 0 Å². The van der Waals surface area contributed by atoms with Gasteiger partial charge in [0.2, 0.25) is 0 Å². The van der Waals surface area contributed by atoms with Crippen LogP contribution in [0.5, 0.6) is 5.75 Å². The molecule has 4 nitrogen and oxygen atoms in total. The van der Waals surface area contributed by atoms with E-state index in [4.69, 9.17) is 15.2 Å². The van der Waals surface area contributed by atoms with Gasteiger partial charge in [-0.2, -0.15) is 0 Å². The highest BCUT2D eigenvalue weighted by Crippen LogP contribution is 2.48. The summed E-state index contributed by atoms with van der Waals surface area (Å²) in [6.45, 7) is 6.55. The van der Waals surface area contributed by atoms with Gasteiger partial charge in [-0.3, -0.25) is 0 Å². The number of benzene rings is 2. The Morgan fingerprint density at radius 2 is 1.92 bits per heavy atom. The van der Waals surface area contributed by atoms with E-state index in [0.29, 0.717) is 6.61 Å². The maximum absolute atomic E-state index is 14.3. The molecule has 5 heteroatoms. The average molecular weight is 357 g/mol. The Labute approximate surface area is 153 Å². The fraction of sp³-hybridized carbons (Fsp3) is 0.381. The molecule has 2 aromatic rings. The van der Waals surface area contributed by atoms with E-state index >= 15 is 0 Å². The SMILES string of the molecule is CCCOc1ccc(-c2ccc3c(c2)CC(C)(C)[C@H]3OC(N)=O)cc1F. The Balaban J connectivity index is 1.91. The minimum atomic E-state index is -0.773. The van der Waals surface area contributed by atoms with Crippen LogP contribution in [0.2, 0.25) is 0 Å². The lowest BCUT2D eigenvalue weighted by molar-refractivity contribution is 0.0392. The number of hydrogen-bond donors (Lipinski definition) is 1. The minimum Gasteiger partial charge on any atom is -0.491 e. The highest BCUT2D eigenvalue weighted by atomic mass is 19.1. The van der Waals surface area contributed by atoms with Crippen molar-refractivity contribution in [3.05, 3.63) is 53.3 Å². The number of rotatable bonds is 5. The molecule has 0 heterocycles. The number of halogens is 1. The number of carbonyl (C=O) groups is 1. The van der Waals surface area contributed by atoms with Crippen molar-refractivity contribution >= 4 is 6.09 Å². The first-order valence-electron chi connectivity index (χ1n) is 8.83. The van der Waals surface area contributed by atoms with E-state index in [1.807, 2.05) is 45.0 Å². The number of carbonyl (C=O) groups excluding carboxylic acids is 1. The Morgan fingerprint density at radius 3 is 2.58 bits per heavy atom. The third kappa shape index (κ3) is 3.52. The topological polar surface area (TPSA) is 61.6 Å². The molecule has 0 spiro atoms. The van der Waals surface area contributed by atoms with Crippen LogP contribution in [0.4, 0.5) is 9.18 Å². The number of primary amides is 1. The molecule has 0 radical (unpaired) electrons. The van der Waals surface area contributed by atoms with Crippen LogP contribution < -0.4 is 10.5 Å². The third-order valence-corrected chi connectivity index (χ3v) is 4.74. The Morgan fingerprint density at radius 1 is 1.23 bits per heavy atom. The van der Waals surface area contributed by atoms with Crippen molar-refractivity contribution in [2.24, 2.45) is 11.1 Å². The molecule has 3 rings (SSSR count). The molecular formula is C21H24FNO3. The van der Waals surface area contributed by atoms with Gasteiger partial charge in [0.05, 0.1) is 6.61 Å². The van der Waals surface area contributed by atoms with E-state index in [-0.39, 0.29) is 23.1 Å². The summed E-state index contributed by atoms with van der Waals surface area (Å²) in [5.41, 5.74) is 8.73. The van der Waals surface area contributed by atoms with Crippen LogP contribution in [0.1, 0.15) is 44.4 Å². The summed E-state index contributed by atoms with van der Waals surface area (Å²) in [7, 11) is 0. The van der Waals surface area contributed by atoms with E-state index in [1.54, 1.807) is 6.07 Å². The Bertz CT molecular complexity index is 832. The maximum atomic E-state index is 14.3. The van der Waals surface area contributed by atoms with Gasteiger partial charge in [0.15, 0.2) is 11.6 Å². The second kappa shape index (κ2) is 6.98. The quantitative estimate of drug-likeness (QED) is 0.819. The van der Waals surface area contributed by atoms with Crippen LogP contribution in [-0.2, 0) is 11.2 Å². The molecular weight excluding hydrogens is 333 g/mol. The Kier molecular flexibility index (Phi) is 4.90. The summed E-state index contributed by atoms with van der Waals surface area (Å²) >= 11 is 0. The van der Waals surface area contributed by atoms with Crippen LogP contribution in [0.3, 0.4) is 0 Å². The second-order valence-electron chi connectivity index (χ2n) is 7.39. The molecule has 1 amide bonds. The first-order chi connectivity index (χ1) is 12.3. The third-order valence-electron chi connectivity index (χ3n) is 4.74. The van der Waals surface area contributed by atoms with Gasteiger partial charge >= 0.3 is 6.09 Å².